The van der Waals surface area contributed by atoms with Gasteiger partial charge in [0.1, 0.15) is 35.5 Å². The molecule has 176 valence electrons. The minimum atomic E-state index is -0.268. The smallest absolute Gasteiger partial charge is 0.242 e. The standard InChI is InChI=1S/C23H26Cl2N4O4/c1-26-11-16-13-29(23(31)10-25)19-7-6-15(8-21(19)33-16)27-12-17-14-28(22(30)9-24)18-4-2-3-5-20(18)32-17/h2-8,16-17,26-27H,9-14H2,1H3. The number of anilines is 3. The van der Waals surface area contributed by atoms with Crippen LogP contribution in [-0.4, -0.2) is 69.0 Å². The molecule has 2 aliphatic rings. The number of likely N-dealkylation sites (N-methyl/N-ethyl adjacent to an activating group) is 1. The van der Waals surface area contributed by atoms with E-state index in [0.29, 0.717) is 43.4 Å². The van der Waals surface area contributed by atoms with Gasteiger partial charge in [0, 0.05) is 18.3 Å². The number of hydrogen-bond donors (Lipinski definition) is 2. The Morgan fingerprint density at radius 1 is 0.909 bits per heavy atom. The minimum Gasteiger partial charge on any atom is -0.485 e. The van der Waals surface area contributed by atoms with E-state index in [1.165, 1.54) is 0 Å². The van der Waals surface area contributed by atoms with Gasteiger partial charge in [-0.15, -0.1) is 23.2 Å². The third kappa shape index (κ3) is 5.13. The Morgan fingerprint density at radius 2 is 1.52 bits per heavy atom. The topological polar surface area (TPSA) is 83.1 Å². The molecule has 2 aliphatic heterocycles. The second kappa shape index (κ2) is 10.5. The largest absolute Gasteiger partial charge is 0.485 e. The zero-order chi connectivity index (χ0) is 23.4. The van der Waals surface area contributed by atoms with Crippen LogP contribution in [0.15, 0.2) is 42.5 Å². The van der Waals surface area contributed by atoms with Crippen LogP contribution in [0.25, 0.3) is 0 Å². The number of nitrogens with zero attached hydrogens (tertiary/aromatic N) is 2. The molecule has 2 atom stereocenters. The molecular weight excluding hydrogens is 467 g/mol. The molecule has 0 spiro atoms. The van der Waals surface area contributed by atoms with E-state index in [0.717, 1.165) is 11.4 Å². The van der Waals surface area contributed by atoms with E-state index in [2.05, 4.69) is 10.6 Å². The van der Waals surface area contributed by atoms with E-state index in [-0.39, 0.29) is 35.8 Å². The van der Waals surface area contributed by atoms with E-state index in [1.807, 2.05) is 49.5 Å². The summed E-state index contributed by atoms with van der Waals surface area (Å²) in [5.41, 5.74) is 2.23. The SMILES string of the molecule is CNCC1CN(C(=O)CCl)c2ccc(NCC3CN(C(=O)CCl)c4ccccc4O3)cc2O1. The van der Waals surface area contributed by atoms with Crippen molar-refractivity contribution in [2.45, 2.75) is 12.2 Å². The van der Waals surface area contributed by atoms with E-state index < -0.39 is 0 Å². The molecule has 0 saturated heterocycles. The number of hydrogen-bond acceptors (Lipinski definition) is 6. The molecule has 33 heavy (non-hydrogen) atoms. The second-order valence-electron chi connectivity index (χ2n) is 7.84. The summed E-state index contributed by atoms with van der Waals surface area (Å²) < 4.78 is 12.2. The number of alkyl halides is 2. The minimum absolute atomic E-state index is 0.0935. The average molecular weight is 493 g/mol. The fourth-order valence-corrected chi connectivity index (χ4v) is 4.34. The highest BCUT2D eigenvalue weighted by molar-refractivity contribution is 6.30. The Morgan fingerprint density at radius 3 is 2.18 bits per heavy atom. The molecule has 0 bridgehead atoms. The first-order valence-electron chi connectivity index (χ1n) is 10.7. The number of ether oxygens (including phenoxy) is 2. The third-order valence-electron chi connectivity index (χ3n) is 5.56. The summed E-state index contributed by atoms with van der Waals surface area (Å²) in [7, 11) is 1.84. The number of halogens is 2. The third-order valence-corrected chi connectivity index (χ3v) is 6.02. The zero-order valence-electron chi connectivity index (χ0n) is 18.2. The summed E-state index contributed by atoms with van der Waals surface area (Å²) in [5, 5.41) is 6.44. The van der Waals surface area contributed by atoms with Crippen LogP contribution in [-0.2, 0) is 9.59 Å². The Labute approximate surface area is 202 Å². The maximum absolute atomic E-state index is 12.4. The van der Waals surface area contributed by atoms with Gasteiger partial charge in [-0.3, -0.25) is 9.59 Å². The summed E-state index contributed by atoms with van der Waals surface area (Å²) in [6, 6.07) is 13.0. The summed E-state index contributed by atoms with van der Waals surface area (Å²) in [5.74, 6) is 0.735. The maximum atomic E-state index is 12.4. The van der Waals surface area contributed by atoms with E-state index in [4.69, 9.17) is 32.7 Å². The van der Waals surface area contributed by atoms with E-state index in [1.54, 1.807) is 9.80 Å². The lowest BCUT2D eigenvalue weighted by molar-refractivity contribution is -0.117. The van der Waals surface area contributed by atoms with Crippen molar-refractivity contribution in [1.29, 1.82) is 0 Å². The zero-order valence-corrected chi connectivity index (χ0v) is 19.7. The fourth-order valence-electron chi connectivity index (χ4n) is 4.05. The number of benzene rings is 2. The van der Waals surface area contributed by atoms with Gasteiger partial charge in [0.15, 0.2) is 0 Å². The molecule has 10 heteroatoms. The highest BCUT2D eigenvalue weighted by Gasteiger charge is 2.31. The molecule has 0 fully saturated rings. The van der Waals surface area contributed by atoms with E-state index >= 15 is 0 Å². The maximum Gasteiger partial charge on any atom is 0.242 e. The van der Waals surface area contributed by atoms with E-state index in [9.17, 15) is 9.59 Å². The number of carbonyl (C=O) groups is 2. The molecule has 2 amide bonds. The number of amides is 2. The fraction of sp³-hybridized carbons (Fsp3) is 0.391. The highest BCUT2D eigenvalue weighted by Crippen LogP contribution is 2.37. The molecule has 0 radical (unpaired) electrons. The van der Waals surface area contributed by atoms with Gasteiger partial charge in [-0.05, 0) is 31.3 Å². The average Bonchev–Trinajstić information content (AvgIpc) is 2.85. The summed E-state index contributed by atoms with van der Waals surface area (Å²) in [6.45, 7) is 1.89. The van der Waals surface area contributed by atoms with Crippen LogP contribution in [0.2, 0.25) is 0 Å². The van der Waals surface area contributed by atoms with Crippen molar-refractivity contribution in [3.8, 4) is 11.5 Å². The van der Waals surface area contributed by atoms with Crippen LogP contribution < -0.4 is 29.9 Å². The normalized spacial score (nSPS) is 19.1. The number of rotatable bonds is 7. The molecular formula is C23H26Cl2N4O4. The monoisotopic (exact) mass is 492 g/mol. The number of fused-ring (bicyclic) bond motifs is 2. The first-order valence-corrected chi connectivity index (χ1v) is 11.8. The van der Waals surface area contributed by atoms with Crippen molar-refractivity contribution in [1.82, 2.24) is 5.32 Å². The van der Waals surface area contributed by atoms with Crippen LogP contribution >= 0.6 is 23.2 Å². The van der Waals surface area contributed by atoms with Crippen molar-refractivity contribution in [2.75, 3.05) is 60.1 Å². The van der Waals surface area contributed by atoms with Crippen molar-refractivity contribution in [3.05, 3.63) is 42.5 Å². The van der Waals surface area contributed by atoms with Gasteiger partial charge in [-0.1, -0.05) is 12.1 Å². The molecule has 0 saturated carbocycles. The van der Waals surface area contributed by atoms with Crippen LogP contribution in [0.1, 0.15) is 0 Å². The van der Waals surface area contributed by atoms with Crippen LogP contribution in [0.4, 0.5) is 17.1 Å². The molecule has 8 nitrogen and oxygen atoms in total. The number of nitrogens with one attached hydrogen (secondary N) is 2. The first-order chi connectivity index (χ1) is 16.0. The lowest BCUT2D eigenvalue weighted by Crippen LogP contribution is -2.47. The number of carbonyl (C=O) groups excluding carboxylic acids is 2. The molecule has 4 rings (SSSR count). The van der Waals surface area contributed by atoms with Gasteiger partial charge < -0.3 is 29.9 Å². The molecule has 2 heterocycles. The van der Waals surface area contributed by atoms with Crippen molar-refractivity contribution in [3.63, 3.8) is 0 Å². The Balaban J connectivity index is 1.49. The lowest BCUT2D eigenvalue weighted by atomic mass is 10.1. The van der Waals surface area contributed by atoms with Gasteiger partial charge in [0.25, 0.3) is 0 Å². The van der Waals surface area contributed by atoms with Crippen LogP contribution in [0, 0.1) is 0 Å². The van der Waals surface area contributed by atoms with Crippen LogP contribution in [0.5, 0.6) is 11.5 Å². The Hall–Kier alpha value is -2.68. The molecule has 0 aliphatic carbocycles. The summed E-state index contributed by atoms with van der Waals surface area (Å²) in [4.78, 5) is 28.0. The molecule has 0 aromatic heterocycles. The Bertz CT molecular complexity index is 1020. The van der Waals surface area contributed by atoms with Gasteiger partial charge in [-0.2, -0.15) is 0 Å². The van der Waals surface area contributed by atoms with Crippen molar-refractivity contribution in [2.24, 2.45) is 0 Å². The second-order valence-corrected chi connectivity index (χ2v) is 8.38. The van der Waals surface area contributed by atoms with Gasteiger partial charge in [0.2, 0.25) is 11.8 Å². The van der Waals surface area contributed by atoms with Gasteiger partial charge in [0.05, 0.1) is 31.0 Å². The predicted octanol–water partition coefficient (Wildman–Crippen LogP) is 2.68. The molecule has 2 aromatic carbocycles. The highest BCUT2D eigenvalue weighted by atomic mass is 35.5. The first kappa shape index (κ1) is 23.5. The quantitative estimate of drug-likeness (QED) is 0.578. The summed E-state index contributed by atoms with van der Waals surface area (Å²) >= 11 is 11.6. The lowest BCUT2D eigenvalue weighted by Gasteiger charge is -2.36. The van der Waals surface area contributed by atoms with Gasteiger partial charge >= 0.3 is 0 Å². The van der Waals surface area contributed by atoms with Gasteiger partial charge in [-0.25, -0.2) is 0 Å². The molecule has 2 aromatic rings. The van der Waals surface area contributed by atoms with Crippen molar-refractivity contribution < 1.29 is 19.1 Å². The molecule has 2 N–H and O–H groups in total. The summed E-state index contributed by atoms with van der Waals surface area (Å²) in [6.07, 6.45) is -0.450. The molecule has 2 unspecified atom stereocenters. The van der Waals surface area contributed by atoms with Crippen molar-refractivity contribution >= 4 is 52.1 Å². The Kier molecular flexibility index (Phi) is 7.47. The predicted molar refractivity (Wildman–Crippen MR) is 130 cm³/mol. The van der Waals surface area contributed by atoms with Crippen LogP contribution in [0.3, 0.4) is 0 Å². The number of para-hydroxylation sites is 2.